The highest BCUT2D eigenvalue weighted by Crippen LogP contribution is 2.25. The Kier molecular flexibility index (Phi) is 6.82. The summed E-state index contributed by atoms with van der Waals surface area (Å²) in [5.41, 5.74) is 0. The van der Waals surface area contributed by atoms with Crippen LogP contribution in [0.25, 0.3) is 0 Å². The van der Waals surface area contributed by atoms with Gasteiger partial charge in [-0.25, -0.2) is 4.79 Å². The lowest BCUT2D eigenvalue weighted by Gasteiger charge is -2.25. The number of cyclic esters (lactones) is 1. The summed E-state index contributed by atoms with van der Waals surface area (Å²) in [5.74, 6) is 1.07. The molecule has 0 aromatic carbocycles. The normalized spacial score (nSPS) is 17.8. The van der Waals surface area contributed by atoms with Crippen molar-refractivity contribution in [3.63, 3.8) is 0 Å². The van der Waals surface area contributed by atoms with Crippen LogP contribution in [0.5, 0.6) is 0 Å². The van der Waals surface area contributed by atoms with Crippen molar-refractivity contribution >= 4 is 29.7 Å². The zero-order valence-corrected chi connectivity index (χ0v) is 13.5. The first kappa shape index (κ1) is 16.9. The molecule has 0 unspecified atom stereocenters. The van der Waals surface area contributed by atoms with Crippen molar-refractivity contribution in [2.24, 2.45) is 5.92 Å². The summed E-state index contributed by atoms with van der Waals surface area (Å²) in [5, 5.41) is 5.63. The minimum atomic E-state index is -0.327. The van der Waals surface area contributed by atoms with Crippen molar-refractivity contribution in [3.05, 3.63) is 0 Å². The van der Waals surface area contributed by atoms with E-state index in [9.17, 15) is 14.4 Å². The highest BCUT2D eigenvalue weighted by molar-refractivity contribution is 8.00. The third kappa shape index (κ3) is 5.75. The van der Waals surface area contributed by atoms with Gasteiger partial charge >= 0.3 is 6.09 Å². The summed E-state index contributed by atoms with van der Waals surface area (Å²) in [6.07, 6.45) is 3.36. The Morgan fingerprint density at radius 3 is 2.55 bits per heavy atom. The van der Waals surface area contributed by atoms with Gasteiger partial charge in [0, 0.05) is 19.6 Å². The molecule has 2 rings (SSSR count). The predicted octanol–water partition coefficient (Wildman–Crippen LogP) is 0.204. The number of rotatable bonds is 9. The number of carbonyl (C=O) groups excluding carboxylic acids is 3. The van der Waals surface area contributed by atoms with Gasteiger partial charge in [0.1, 0.15) is 6.61 Å². The van der Waals surface area contributed by atoms with Crippen LogP contribution in [0.2, 0.25) is 0 Å². The third-order valence-electron chi connectivity index (χ3n) is 3.83. The first-order valence-electron chi connectivity index (χ1n) is 7.68. The van der Waals surface area contributed by atoms with E-state index in [1.54, 1.807) is 4.90 Å². The van der Waals surface area contributed by atoms with Gasteiger partial charge in [0.15, 0.2) is 0 Å². The molecule has 1 aliphatic carbocycles. The summed E-state index contributed by atoms with van der Waals surface area (Å²) in [6.45, 7) is 2.61. The molecular formula is C14H23N3O4S. The minimum absolute atomic E-state index is 0.00971. The highest BCUT2D eigenvalue weighted by Gasteiger charge is 2.21. The predicted molar refractivity (Wildman–Crippen MR) is 83.6 cm³/mol. The fourth-order valence-corrected chi connectivity index (χ4v) is 2.93. The Morgan fingerprint density at radius 2 is 1.95 bits per heavy atom. The number of hydrogen-bond donors (Lipinski definition) is 2. The fourth-order valence-electron chi connectivity index (χ4n) is 2.25. The Balaban J connectivity index is 1.44. The lowest BCUT2D eigenvalue weighted by Crippen LogP contribution is -2.36. The van der Waals surface area contributed by atoms with Crippen molar-refractivity contribution in [3.8, 4) is 0 Å². The molecule has 3 amide bonds. The van der Waals surface area contributed by atoms with Crippen LogP contribution in [0, 0.1) is 5.92 Å². The second-order valence-electron chi connectivity index (χ2n) is 5.55. The zero-order chi connectivity index (χ0) is 15.8. The third-order valence-corrected chi connectivity index (χ3v) is 4.76. The van der Waals surface area contributed by atoms with Gasteiger partial charge in [-0.15, -0.1) is 11.8 Å². The molecule has 7 nitrogen and oxygen atoms in total. The van der Waals surface area contributed by atoms with E-state index in [2.05, 4.69) is 10.6 Å². The number of thioether (sulfide) groups is 1. The Bertz CT molecular complexity index is 415. The number of carbonyl (C=O) groups is 3. The Labute approximate surface area is 134 Å². The van der Waals surface area contributed by atoms with Crippen LogP contribution in [-0.4, -0.2) is 67.1 Å². The minimum Gasteiger partial charge on any atom is -0.448 e. The van der Waals surface area contributed by atoms with Gasteiger partial charge in [-0.1, -0.05) is 6.42 Å². The largest absolute Gasteiger partial charge is 0.448 e. The molecule has 22 heavy (non-hydrogen) atoms. The van der Waals surface area contributed by atoms with E-state index in [0.717, 1.165) is 6.54 Å². The van der Waals surface area contributed by atoms with Gasteiger partial charge < -0.3 is 20.3 Å². The van der Waals surface area contributed by atoms with Gasteiger partial charge in [-0.3, -0.25) is 9.59 Å². The molecule has 1 heterocycles. The molecule has 2 N–H and O–H groups in total. The van der Waals surface area contributed by atoms with Crippen molar-refractivity contribution < 1.29 is 19.1 Å². The molecule has 124 valence electrons. The van der Waals surface area contributed by atoms with Gasteiger partial charge in [0.05, 0.1) is 18.1 Å². The first-order valence-corrected chi connectivity index (χ1v) is 8.83. The molecule has 0 atom stereocenters. The van der Waals surface area contributed by atoms with Gasteiger partial charge in [0.2, 0.25) is 11.8 Å². The SMILES string of the molecule is O=C(CSCC(=O)NCC1CCC1)NCCN1CCOC1=O. The van der Waals surface area contributed by atoms with Gasteiger partial charge in [0.25, 0.3) is 0 Å². The molecule has 2 aliphatic rings. The molecule has 0 spiro atoms. The molecular weight excluding hydrogens is 306 g/mol. The number of ether oxygens (including phenoxy) is 1. The highest BCUT2D eigenvalue weighted by atomic mass is 32.2. The number of nitrogens with zero attached hydrogens (tertiary/aromatic N) is 1. The van der Waals surface area contributed by atoms with Crippen molar-refractivity contribution in [2.45, 2.75) is 19.3 Å². The average molecular weight is 329 g/mol. The summed E-state index contributed by atoms with van der Waals surface area (Å²) >= 11 is 1.30. The van der Waals surface area contributed by atoms with Crippen LogP contribution in [-0.2, 0) is 14.3 Å². The van der Waals surface area contributed by atoms with Gasteiger partial charge in [-0.05, 0) is 18.8 Å². The summed E-state index contributed by atoms with van der Waals surface area (Å²) in [7, 11) is 0. The second kappa shape index (κ2) is 8.87. The average Bonchev–Trinajstić information content (AvgIpc) is 2.83. The maximum atomic E-state index is 11.6. The Hall–Kier alpha value is -1.44. The van der Waals surface area contributed by atoms with Crippen LogP contribution >= 0.6 is 11.8 Å². The summed E-state index contributed by atoms with van der Waals surface area (Å²) in [6, 6.07) is 0. The lowest BCUT2D eigenvalue weighted by atomic mass is 9.85. The van der Waals surface area contributed by atoms with Crippen molar-refractivity contribution in [1.29, 1.82) is 0 Å². The molecule has 1 saturated carbocycles. The second-order valence-corrected chi connectivity index (χ2v) is 6.53. The zero-order valence-electron chi connectivity index (χ0n) is 12.6. The van der Waals surface area contributed by atoms with E-state index < -0.39 is 0 Å². The molecule has 2 fully saturated rings. The molecule has 1 saturated heterocycles. The van der Waals surface area contributed by atoms with E-state index in [1.165, 1.54) is 31.0 Å². The molecule has 1 aliphatic heterocycles. The van der Waals surface area contributed by atoms with Crippen molar-refractivity contribution in [1.82, 2.24) is 15.5 Å². The smallest absolute Gasteiger partial charge is 0.409 e. The molecule has 0 radical (unpaired) electrons. The van der Waals surface area contributed by atoms with E-state index in [4.69, 9.17) is 4.74 Å². The summed E-state index contributed by atoms with van der Waals surface area (Å²) in [4.78, 5) is 35.9. The van der Waals surface area contributed by atoms with Crippen molar-refractivity contribution in [2.75, 3.05) is 44.3 Å². The Morgan fingerprint density at radius 1 is 1.23 bits per heavy atom. The lowest BCUT2D eigenvalue weighted by molar-refractivity contribution is -0.119. The molecule has 0 bridgehead atoms. The number of hydrogen-bond acceptors (Lipinski definition) is 5. The van der Waals surface area contributed by atoms with Crippen LogP contribution in [0.1, 0.15) is 19.3 Å². The van der Waals surface area contributed by atoms with Gasteiger partial charge in [-0.2, -0.15) is 0 Å². The number of amides is 3. The maximum absolute atomic E-state index is 11.6. The number of nitrogens with one attached hydrogen (secondary N) is 2. The van der Waals surface area contributed by atoms with Crippen LogP contribution < -0.4 is 10.6 Å². The fraction of sp³-hybridized carbons (Fsp3) is 0.786. The molecule has 0 aromatic rings. The standard InChI is InChI=1S/C14H23N3O4S/c18-12(15-4-5-17-6-7-21-14(17)20)9-22-10-13(19)16-8-11-2-1-3-11/h11H,1-10H2,(H,15,18)(H,16,19). The van der Waals surface area contributed by atoms with E-state index in [1.807, 2.05) is 0 Å². The topological polar surface area (TPSA) is 87.7 Å². The van der Waals surface area contributed by atoms with Crippen LogP contribution in [0.15, 0.2) is 0 Å². The summed E-state index contributed by atoms with van der Waals surface area (Å²) < 4.78 is 4.79. The first-order chi connectivity index (χ1) is 10.6. The van der Waals surface area contributed by atoms with E-state index in [0.29, 0.717) is 37.9 Å². The quantitative estimate of drug-likeness (QED) is 0.631. The van der Waals surface area contributed by atoms with E-state index >= 15 is 0 Å². The van der Waals surface area contributed by atoms with Crippen LogP contribution in [0.4, 0.5) is 4.79 Å². The molecule has 8 heteroatoms. The van der Waals surface area contributed by atoms with Crippen LogP contribution in [0.3, 0.4) is 0 Å². The molecule has 0 aromatic heterocycles. The van der Waals surface area contributed by atoms with E-state index in [-0.39, 0.29) is 23.7 Å². The monoisotopic (exact) mass is 329 g/mol. The maximum Gasteiger partial charge on any atom is 0.409 e.